The molecule has 0 fully saturated rings. The number of para-hydroxylation sites is 2. The Labute approximate surface area is 152 Å². The zero-order valence-electron chi connectivity index (χ0n) is 12.9. The Morgan fingerprint density at radius 3 is 1.38 bits per heavy atom. The molecule has 0 aliphatic rings. The molecule has 3 aromatic rings. The van der Waals surface area contributed by atoms with Crippen LogP contribution in [-0.2, 0) is 0 Å². The van der Waals surface area contributed by atoms with Crippen molar-refractivity contribution in [1.29, 1.82) is 0 Å². The number of hydrogen-bond acceptors (Lipinski definition) is 2. The second-order valence-corrected chi connectivity index (χ2v) is 6.04. The minimum absolute atomic E-state index is 0.672. The Balaban J connectivity index is 1.74. The fraction of sp³-hybridized carbons (Fsp3) is 0. The summed E-state index contributed by atoms with van der Waals surface area (Å²) in [6, 6.07) is 27.7. The topological polar surface area (TPSA) is 24.1 Å². The summed E-state index contributed by atoms with van der Waals surface area (Å²) >= 11 is 11.0. The lowest BCUT2D eigenvalue weighted by Crippen LogP contribution is -2.14. The van der Waals surface area contributed by atoms with Gasteiger partial charge >= 0.3 is 0 Å². The molecular formula is C20H16N2S2. The standard InChI is InChI=1S/C20H16N2S2/c23-19(21-17-10-3-1-4-11-17)15-8-7-9-16(14-15)20(24)22-18-12-5-2-6-13-18/h1-14H,(H,21,23)(H,22,24). The van der Waals surface area contributed by atoms with Crippen molar-refractivity contribution in [2.45, 2.75) is 0 Å². The molecule has 0 aliphatic heterocycles. The van der Waals surface area contributed by atoms with Crippen LogP contribution in [0.15, 0.2) is 84.9 Å². The number of anilines is 2. The maximum absolute atomic E-state index is 5.50. The van der Waals surface area contributed by atoms with Crippen molar-refractivity contribution >= 4 is 45.8 Å². The van der Waals surface area contributed by atoms with Crippen molar-refractivity contribution in [1.82, 2.24) is 0 Å². The normalized spacial score (nSPS) is 10.0. The molecule has 2 nitrogen and oxygen atoms in total. The van der Waals surface area contributed by atoms with E-state index in [0.29, 0.717) is 9.98 Å². The Kier molecular flexibility index (Phi) is 5.31. The molecule has 0 aromatic heterocycles. The first kappa shape index (κ1) is 16.3. The SMILES string of the molecule is S=C(Nc1ccccc1)c1cccc(C(=S)Nc2ccccc2)c1. The molecule has 2 N–H and O–H groups in total. The minimum atomic E-state index is 0.672. The van der Waals surface area contributed by atoms with Crippen LogP contribution in [0.1, 0.15) is 11.1 Å². The summed E-state index contributed by atoms with van der Waals surface area (Å²) in [5, 5.41) is 6.48. The van der Waals surface area contributed by atoms with Crippen LogP contribution in [0.25, 0.3) is 0 Å². The number of rotatable bonds is 4. The van der Waals surface area contributed by atoms with E-state index in [-0.39, 0.29) is 0 Å². The summed E-state index contributed by atoms with van der Waals surface area (Å²) in [4.78, 5) is 1.34. The van der Waals surface area contributed by atoms with E-state index in [9.17, 15) is 0 Å². The van der Waals surface area contributed by atoms with Crippen molar-refractivity contribution in [2.24, 2.45) is 0 Å². The lowest BCUT2D eigenvalue weighted by atomic mass is 10.1. The number of hydrogen-bond donors (Lipinski definition) is 2. The van der Waals surface area contributed by atoms with Crippen molar-refractivity contribution in [3.05, 3.63) is 96.1 Å². The summed E-state index contributed by atoms with van der Waals surface area (Å²) < 4.78 is 0. The highest BCUT2D eigenvalue weighted by molar-refractivity contribution is 7.81. The molecule has 0 heterocycles. The quantitative estimate of drug-likeness (QED) is 0.628. The number of thiocarbonyl (C=S) groups is 2. The lowest BCUT2D eigenvalue weighted by Gasteiger charge is -2.11. The van der Waals surface area contributed by atoms with E-state index in [2.05, 4.69) is 10.6 Å². The molecule has 0 saturated carbocycles. The monoisotopic (exact) mass is 348 g/mol. The third-order valence-corrected chi connectivity index (χ3v) is 4.13. The van der Waals surface area contributed by atoms with Gasteiger partial charge in [0.05, 0.1) is 0 Å². The maximum atomic E-state index is 5.50. The van der Waals surface area contributed by atoms with Crippen LogP contribution in [0.5, 0.6) is 0 Å². The summed E-state index contributed by atoms with van der Waals surface area (Å²) in [6.07, 6.45) is 0. The van der Waals surface area contributed by atoms with E-state index in [4.69, 9.17) is 24.4 Å². The van der Waals surface area contributed by atoms with E-state index in [1.807, 2.05) is 84.9 Å². The van der Waals surface area contributed by atoms with Crippen molar-refractivity contribution in [3.8, 4) is 0 Å². The summed E-state index contributed by atoms with van der Waals surface area (Å²) in [6.45, 7) is 0. The first-order valence-corrected chi connectivity index (χ1v) is 8.37. The van der Waals surface area contributed by atoms with Crippen molar-refractivity contribution in [3.63, 3.8) is 0 Å². The van der Waals surface area contributed by atoms with Gasteiger partial charge < -0.3 is 10.6 Å². The van der Waals surface area contributed by atoms with Crippen LogP contribution in [0.2, 0.25) is 0 Å². The molecule has 4 heteroatoms. The Morgan fingerprint density at radius 1 is 0.542 bits per heavy atom. The highest BCUT2D eigenvalue weighted by Crippen LogP contribution is 2.14. The lowest BCUT2D eigenvalue weighted by molar-refractivity contribution is 1.57. The molecule has 0 saturated heterocycles. The first-order chi connectivity index (χ1) is 11.7. The average molecular weight is 348 g/mol. The largest absolute Gasteiger partial charge is 0.346 e. The van der Waals surface area contributed by atoms with E-state index < -0.39 is 0 Å². The fourth-order valence-corrected chi connectivity index (χ4v) is 2.74. The molecule has 0 atom stereocenters. The van der Waals surface area contributed by atoms with E-state index in [1.165, 1.54) is 0 Å². The van der Waals surface area contributed by atoms with Gasteiger partial charge in [0, 0.05) is 22.5 Å². The number of nitrogens with one attached hydrogen (secondary N) is 2. The molecule has 0 bridgehead atoms. The van der Waals surface area contributed by atoms with Crippen molar-refractivity contribution < 1.29 is 0 Å². The van der Waals surface area contributed by atoms with Gasteiger partial charge in [0.25, 0.3) is 0 Å². The second-order valence-electron chi connectivity index (χ2n) is 5.22. The van der Waals surface area contributed by atoms with Gasteiger partial charge in [-0.3, -0.25) is 0 Å². The third-order valence-electron chi connectivity index (χ3n) is 3.45. The summed E-state index contributed by atoms with van der Waals surface area (Å²) in [7, 11) is 0. The summed E-state index contributed by atoms with van der Waals surface area (Å²) in [5.41, 5.74) is 3.81. The Bertz CT molecular complexity index is 777. The van der Waals surface area contributed by atoms with Gasteiger partial charge in [0.2, 0.25) is 0 Å². The third kappa shape index (κ3) is 4.25. The molecule has 3 rings (SSSR count). The van der Waals surface area contributed by atoms with Crippen molar-refractivity contribution in [2.75, 3.05) is 10.6 Å². The molecule has 24 heavy (non-hydrogen) atoms. The molecule has 0 spiro atoms. The predicted octanol–water partition coefficient (Wildman–Crippen LogP) is 5.26. The Morgan fingerprint density at radius 2 is 0.958 bits per heavy atom. The zero-order chi connectivity index (χ0) is 16.8. The van der Waals surface area contributed by atoms with Gasteiger partial charge in [-0.25, -0.2) is 0 Å². The highest BCUT2D eigenvalue weighted by atomic mass is 32.1. The van der Waals surface area contributed by atoms with Gasteiger partial charge in [0.1, 0.15) is 9.98 Å². The smallest absolute Gasteiger partial charge is 0.111 e. The molecule has 0 unspecified atom stereocenters. The molecule has 3 aromatic carbocycles. The van der Waals surface area contributed by atoms with Crippen LogP contribution in [0.4, 0.5) is 11.4 Å². The minimum Gasteiger partial charge on any atom is -0.346 e. The van der Waals surface area contributed by atoms with Crippen LogP contribution in [0.3, 0.4) is 0 Å². The molecule has 0 radical (unpaired) electrons. The summed E-state index contributed by atoms with van der Waals surface area (Å²) in [5.74, 6) is 0. The van der Waals surface area contributed by atoms with Crippen LogP contribution in [-0.4, -0.2) is 9.98 Å². The van der Waals surface area contributed by atoms with Gasteiger partial charge in [-0.1, -0.05) is 79.0 Å². The molecule has 118 valence electrons. The first-order valence-electron chi connectivity index (χ1n) is 7.55. The highest BCUT2D eigenvalue weighted by Gasteiger charge is 2.06. The zero-order valence-corrected chi connectivity index (χ0v) is 14.5. The van der Waals surface area contributed by atoms with Gasteiger partial charge in [-0.2, -0.15) is 0 Å². The van der Waals surface area contributed by atoms with Gasteiger partial charge in [-0.05, 0) is 30.3 Å². The number of benzene rings is 3. The van der Waals surface area contributed by atoms with E-state index in [0.717, 1.165) is 22.5 Å². The van der Waals surface area contributed by atoms with Crippen LogP contribution in [0, 0.1) is 0 Å². The maximum Gasteiger partial charge on any atom is 0.111 e. The van der Waals surface area contributed by atoms with Crippen LogP contribution < -0.4 is 10.6 Å². The van der Waals surface area contributed by atoms with E-state index in [1.54, 1.807) is 0 Å². The van der Waals surface area contributed by atoms with Gasteiger partial charge in [0.15, 0.2) is 0 Å². The molecular weight excluding hydrogens is 332 g/mol. The van der Waals surface area contributed by atoms with Crippen LogP contribution >= 0.6 is 24.4 Å². The fourth-order valence-electron chi connectivity index (χ4n) is 2.25. The predicted molar refractivity (Wildman–Crippen MR) is 110 cm³/mol. The average Bonchev–Trinajstić information content (AvgIpc) is 2.63. The molecule has 0 amide bonds. The van der Waals surface area contributed by atoms with Gasteiger partial charge in [-0.15, -0.1) is 0 Å². The molecule has 0 aliphatic carbocycles. The Hall–Kier alpha value is -2.56. The second kappa shape index (κ2) is 7.81. The van der Waals surface area contributed by atoms with E-state index >= 15 is 0 Å².